The Bertz CT molecular complexity index is 801. The second-order valence-corrected chi connectivity index (χ2v) is 6.59. The molecule has 0 saturated carbocycles. The minimum Gasteiger partial charge on any atom is -0.491 e. The molecule has 0 aliphatic carbocycles. The second-order valence-electron chi connectivity index (χ2n) is 6.59. The van der Waals surface area contributed by atoms with Crippen molar-refractivity contribution in [3.05, 3.63) is 65.7 Å². The Morgan fingerprint density at radius 1 is 1.14 bits per heavy atom. The fourth-order valence-electron chi connectivity index (χ4n) is 2.85. The molecule has 1 unspecified atom stereocenters. The lowest BCUT2D eigenvalue weighted by Crippen LogP contribution is -2.20. The summed E-state index contributed by atoms with van der Waals surface area (Å²) in [6.07, 6.45) is 5.28. The van der Waals surface area contributed by atoms with Crippen molar-refractivity contribution < 1.29 is 27.8 Å². The van der Waals surface area contributed by atoms with Crippen LogP contribution in [0.1, 0.15) is 24.0 Å². The minimum absolute atomic E-state index is 0.0739. The predicted octanol–water partition coefficient (Wildman–Crippen LogP) is 4.18. The molecule has 0 aromatic heterocycles. The van der Waals surface area contributed by atoms with E-state index in [4.69, 9.17) is 9.47 Å². The molecule has 1 atom stereocenters. The quantitative estimate of drug-likeness (QED) is 0.639. The van der Waals surface area contributed by atoms with E-state index < -0.39 is 6.61 Å². The number of amides is 1. The zero-order chi connectivity index (χ0) is 20.5. The number of rotatable bonds is 9. The Labute approximate surface area is 168 Å². The zero-order valence-corrected chi connectivity index (χ0v) is 15.9. The maximum Gasteiger partial charge on any atom is 0.387 e. The van der Waals surface area contributed by atoms with Crippen LogP contribution in [-0.4, -0.2) is 31.8 Å². The van der Waals surface area contributed by atoms with Crippen LogP contribution >= 0.6 is 0 Å². The summed E-state index contributed by atoms with van der Waals surface area (Å²) in [7, 11) is 0. The number of benzene rings is 2. The summed E-state index contributed by atoms with van der Waals surface area (Å²) in [5.41, 5.74) is 1.65. The topological polar surface area (TPSA) is 56.8 Å². The molecule has 1 amide bonds. The lowest BCUT2D eigenvalue weighted by molar-refractivity contribution is -0.116. The van der Waals surface area contributed by atoms with E-state index >= 15 is 0 Å². The van der Waals surface area contributed by atoms with Crippen molar-refractivity contribution in [3.63, 3.8) is 0 Å². The predicted molar refractivity (Wildman–Crippen MR) is 105 cm³/mol. The van der Waals surface area contributed by atoms with Gasteiger partial charge in [0.2, 0.25) is 5.91 Å². The number of carbonyl (C=O) groups is 1. The molecule has 1 saturated heterocycles. The van der Waals surface area contributed by atoms with Gasteiger partial charge in [0, 0.05) is 19.2 Å². The molecule has 0 radical (unpaired) electrons. The van der Waals surface area contributed by atoms with Crippen molar-refractivity contribution in [2.24, 2.45) is 0 Å². The van der Waals surface area contributed by atoms with Crippen LogP contribution in [0.25, 0.3) is 6.08 Å². The highest BCUT2D eigenvalue weighted by molar-refractivity contribution is 5.91. The van der Waals surface area contributed by atoms with E-state index in [9.17, 15) is 13.6 Å². The standard InChI is InChI=1S/C22H23F2NO4/c23-22(24)29-19-10-3-16(4-11-19)7-12-21(26)25-14-17-5-8-18(9-6-17)28-15-20-2-1-13-27-20/h3-12,20,22H,1-2,13-15H2,(H,25,26)/b12-7+. The highest BCUT2D eigenvalue weighted by Crippen LogP contribution is 2.17. The Morgan fingerprint density at radius 3 is 2.52 bits per heavy atom. The third-order valence-electron chi connectivity index (χ3n) is 4.38. The first-order valence-corrected chi connectivity index (χ1v) is 9.42. The number of hydrogen-bond acceptors (Lipinski definition) is 4. The number of alkyl halides is 2. The molecule has 1 heterocycles. The molecule has 2 aromatic rings. The van der Waals surface area contributed by atoms with Crippen molar-refractivity contribution >= 4 is 12.0 Å². The van der Waals surface area contributed by atoms with E-state index in [2.05, 4.69) is 10.1 Å². The van der Waals surface area contributed by atoms with Gasteiger partial charge in [-0.05, 0) is 54.3 Å². The van der Waals surface area contributed by atoms with Gasteiger partial charge in [-0.2, -0.15) is 8.78 Å². The van der Waals surface area contributed by atoms with Crippen molar-refractivity contribution in [2.45, 2.75) is 32.1 Å². The molecule has 1 fully saturated rings. The number of carbonyl (C=O) groups excluding carboxylic acids is 1. The molecule has 3 rings (SSSR count). The SMILES string of the molecule is O=C(/C=C/c1ccc(OC(F)F)cc1)NCc1ccc(OCC2CCCO2)cc1. The number of ether oxygens (including phenoxy) is 3. The van der Waals surface area contributed by atoms with E-state index in [1.54, 1.807) is 18.2 Å². The second kappa shape index (κ2) is 10.6. The molecule has 1 N–H and O–H groups in total. The summed E-state index contributed by atoms with van der Waals surface area (Å²) in [6.45, 7) is -1.12. The van der Waals surface area contributed by atoms with Gasteiger partial charge in [0.05, 0.1) is 6.10 Å². The van der Waals surface area contributed by atoms with E-state index in [0.717, 1.165) is 30.8 Å². The lowest BCUT2D eigenvalue weighted by atomic mass is 10.2. The molecule has 29 heavy (non-hydrogen) atoms. The van der Waals surface area contributed by atoms with Crippen molar-refractivity contribution in [1.82, 2.24) is 5.32 Å². The normalized spacial score (nSPS) is 16.3. The highest BCUT2D eigenvalue weighted by atomic mass is 19.3. The van der Waals surface area contributed by atoms with Crippen molar-refractivity contribution in [3.8, 4) is 11.5 Å². The van der Waals surface area contributed by atoms with E-state index in [1.165, 1.54) is 18.2 Å². The maximum absolute atomic E-state index is 12.1. The average Bonchev–Trinajstić information content (AvgIpc) is 3.24. The molecule has 5 nitrogen and oxygen atoms in total. The van der Waals surface area contributed by atoms with Crippen LogP contribution in [-0.2, 0) is 16.1 Å². The van der Waals surface area contributed by atoms with Crippen molar-refractivity contribution in [1.29, 1.82) is 0 Å². The van der Waals surface area contributed by atoms with Gasteiger partial charge >= 0.3 is 6.61 Å². The average molecular weight is 403 g/mol. The number of halogens is 2. The van der Waals surface area contributed by atoms with E-state index in [1.807, 2.05) is 24.3 Å². The third kappa shape index (κ3) is 7.19. The van der Waals surface area contributed by atoms with Gasteiger partial charge in [0.1, 0.15) is 18.1 Å². The highest BCUT2D eigenvalue weighted by Gasteiger charge is 2.15. The van der Waals surface area contributed by atoms with Crippen LogP contribution in [0.3, 0.4) is 0 Å². The third-order valence-corrected chi connectivity index (χ3v) is 4.38. The number of nitrogens with one attached hydrogen (secondary N) is 1. The van der Waals surface area contributed by atoms with Crippen LogP contribution in [0.15, 0.2) is 54.6 Å². The largest absolute Gasteiger partial charge is 0.491 e. The van der Waals surface area contributed by atoms with Gasteiger partial charge in [-0.15, -0.1) is 0 Å². The zero-order valence-electron chi connectivity index (χ0n) is 15.9. The van der Waals surface area contributed by atoms with Gasteiger partial charge in [-0.1, -0.05) is 24.3 Å². The summed E-state index contributed by atoms with van der Waals surface area (Å²) >= 11 is 0. The van der Waals surface area contributed by atoms with E-state index in [-0.39, 0.29) is 17.8 Å². The molecule has 0 bridgehead atoms. The minimum atomic E-state index is -2.86. The Hall–Kier alpha value is -2.93. The molecular formula is C22H23F2NO4. The van der Waals surface area contributed by atoms with Crippen LogP contribution in [0, 0.1) is 0 Å². The van der Waals surface area contributed by atoms with Gasteiger partial charge in [0.15, 0.2) is 0 Å². The maximum atomic E-state index is 12.1. The molecule has 154 valence electrons. The first-order chi connectivity index (χ1) is 14.1. The van der Waals surface area contributed by atoms with Gasteiger partial charge in [-0.25, -0.2) is 0 Å². The molecule has 1 aliphatic rings. The molecule has 0 spiro atoms. The van der Waals surface area contributed by atoms with Crippen LogP contribution in [0.5, 0.6) is 11.5 Å². The first kappa shape index (κ1) is 20.8. The van der Waals surface area contributed by atoms with Crippen LogP contribution < -0.4 is 14.8 Å². The Morgan fingerprint density at radius 2 is 1.86 bits per heavy atom. The smallest absolute Gasteiger partial charge is 0.387 e. The first-order valence-electron chi connectivity index (χ1n) is 9.42. The summed E-state index contributed by atoms with van der Waals surface area (Å²) in [6, 6.07) is 13.6. The van der Waals surface area contributed by atoms with Crippen LogP contribution in [0.2, 0.25) is 0 Å². The fourth-order valence-corrected chi connectivity index (χ4v) is 2.85. The molecule has 7 heteroatoms. The summed E-state index contributed by atoms with van der Waals surface area (Å²) in [5.74, 6) is 0.594. The Kier molecular flexibility index (Phi) is 7.58. The summed E-state index contributed by atoms with van der Waals surface area (Å²) in [4.78, 5) is 12.0. The van der Waals surface area contributed by atoms with Crippen LogP contribution in [0.4, 0.5) is 8.78 Å². The molecular weight excluding hydrogens is 380 g/mol. The fraction of sp³-hybridized carbons (Fsp3) is 0.318. The number of hydrogen-bond donors (Lipinski definition) is 1. The summed E-state index contributed by atoms with van der Waals surface area (Å²) < 4.78 is 39.8. The Balaban J connectivity index is 1.40. The molecule has 2 aromatic carbocycles. The van der Waals surface area contributed by atoms with Crippen molar-refractivity contribution in [2.75, 3.05) is 13.2 Å². The summed E-state index contributed by atoms with van der Waals surface area (Å²) in [5, 5.41) is 2.79. The van der Waals surface area contributed by atoms with E-state index in [0.29, 0.717) is 18.7 Å². The molecule has 1 aliphatic heterocycles. The lowest BCUT2D eigenvalue weighted by Gasteiger charge is -2.11. The van der Waals surface area contributed by atoms with Gasteiger partial charge in [0.25, 0.3) is 0 Å². The monoisotopic (exact) mass is 403 g/mol. The van der Waals surface area contributed by atoms with Gasteiger partial charge in [-0.3, -0.25) is 4.79 Å². The van der Waals surface area contributed by atoms with Gasteiger partial charge < -0.3 is 19.5 Å².